The topological polar surface area (TPSA) is 59.0 Å². The fourth-order valence-electron chi connectivity index (χ4n) is 1.92. The number of hydrogen-bond acceptors (Lipinski definition) is 4. The van der Waals surface area contributed by atoms with Crippen LogP contribution < -0.4 is 0 Å². The van der Waals surface area contributed by atoms with E-state index < -0.39 is 11.2 Å². The predicted molar refractivity (Wildman–Crippen MR) is 73.2 cm³/mol. The summed E-state index contributed by atoms with van der Waals surface area (Å²) in [4.78, 5) is 13.6. The van der Waals surface area contributed by atoms with Crippen LogP contribution in [0.25, 0.3) is 0 Å². The molecule has 1 N–H and O–H groups in total. The lowest BCUT2D eigenvalue weighted by molar-refractivity contribution is -0.0944. The van der Waals surface area contributed by atoms with Gasteiger partial charge in [0.05, 0.1) is 13.2 Å². The summed E-state index contributed by atoms with van der Waals surface area (Å²) in [6, 6.07) is 0. The van der Waals surface area contributed by atoms with E-state index in [1.807, 2.05) is 27.7 Å². The molecule has 1 saturated heterocycles. The fraction of sp³-hybridized carbons (Fsp3) is 0.786. The van der Waals surface area contributed by atoms with Gasteiger partial charge in [0.15, 0.2) is 0 Å². The standard InChI is InChI=1S/C14H25NO4/c1-6-7-11(16)14(5)10-15(8-9-18-14)12(17)19-13(2,3)4/h7,16H,6,8-10H2,1-5H3/b11-7-. The number of aliphatic hydroxyl groups is 1. The highest BCUT2D eigenvalue weighted by Crippen LogP contribution is 2.25. The molecule has 0 aromatic heterocycles. The average Bonchev–Trinajstić information content (AvgIpc) is 2.27. The molecule has 110 valence electrons. The Balaban J connectivity index is 2.74. The molecule has 1 atom stereocenters. The number of rotatable bonds is 2. The first kappa shape index (κ1) is 15.8. The molecule has 0 aromatic rings. The fourth-order valence-corrected chi connectivity index (χ4v) is 1.92. The van der Waals surface area contributed by atoms with Crippen molar-refractivity contribution in [3.05, 3.63) is 11.8 Å². The highest BCUT2D eigenvalue weighted by Gasteiger charge is 2.38. The molecule has 19 heavy (non-hydrogen) atoms. The second-order valence-electron chi connectivity index (χ2n) is 5.98. The molecule has 0 radical (unpaired) electrons. The number of amides is 1. The quantitative estimate of drug-likeness (QED) is 0.785. The number of carbonyl (C=O) groups excluding carboxylic acids is 1. The van der Waals surface area contributed by atoms with E-state index in [2.05, 4.69) is 0 Å². The van der Waals surface area contributed by atoms with Crippen molar-refractivity contribution < 1.29 is 19.4 Å². The first-order valence-electron chi connectivity index (χ1n) is 6.69. The maximum absolute atomic E-state index is 12.0. The van der Waals surface area contributed by atoms with Gasteiger partial charge in [-0.1, -0.05) is 6.92 Å². The molecule has 5 nitrogen and oxygen atoms in total. The van der Waals surface area contributed by atoms with E-state index in [9.17, 15) is 9.90 Å². The minimum absolute atomic E-state index is 0.170. The molecule has 1 aliphatic rings. The number of morpholine rings is 1. The molecule has 1 rings (SSSR count). The van der Waals surface area contributed by atoms with Crippen LogP contribution in [0.1, 0.15) is 41.0 Å². The van der Waals surface area contributed by atoms with Crippen molar-refractivity contribution in [1.82, 2.24) is 4.90 Å². The van der Waals surface area contributed by atoms with Gasteiger partial charge in [-0.2, -0.15) is 0 Å². The first-order chi connectivity index (χ1) is 8.68. The highest BCUT2D eigenvalue weighted by molar-refractivity contribution is 5.68. The number of ether oxygens (including phenoxy) is 2. The molecule has 0 aromatic carbocycles. The summed E-state index contributed by atoms with van der Waals surface area (Å²) in [5.74, 6) is 0.170. The van der Waals surface area contributed by atoms with Crippen LogP contribution in [0.5, 0.6) is 0 Å². The molecule has 0 aliphatic carbocycles. The molecule has 5 heteroatoms. The van der Waals surface area contributed by atoms with E-state index in [-0.39, 0.29) is 11.9 Å². The average molecular weight is 271 g/mol. The molecule has 1 amide bonds. The van der Waals surface area contributed by atoms with Crippen LogP contribution in [0.2, 0.25) is 0 Å². The molecule has 0 spiro atoms. The maximum atomic E-state index is 12.0. The molecule has 1 heterocycles. The normalized spacial score (nSPS) is 25.3. The Morgan fingerprint density at radius 2 is 2.16 bits per heavy atom. The summed E-state index contributed by atoms with van der Waals surface area (Å²) >= 11 is 0. The monoisotopic (exact) mass is 271 g/mol. The number of carbonyl (C=O) groups is 1. The van der Waals surface area contributed by atoms with Crippen LogP contribution in [0, 0.1) is 0 Å². The zero-order chi connectivity index (χ0) is 14.7. The maximum Gasteiger partial charge on any atom is 0.410 e. The van der Waals surface area contributed by atoms with Gasteiger partial charge >= 0.3 is 6.09 Å². The van der Waals surface area contributed by atoms with E-state index >= 15 is 0 Å². The first-order valence-corrected chi connectivity index (χ1v) is 6.69. The third-order valence-corrected chi connectivity index (χ3v) is 2.87. The number of aliphatic hydroxyl groups excluding tert-OH is 1. The lowest BCUT2D eigenvalue weighted by Gasteiger charge is -2.40. The lowest BCUT2D eigenvalue weighted by Crippen LogP contribution is -2.54. The summed E-state index contributed by atoms with van der Waals surface area (Å²) in [6.07, 6.45) is 2.06. The molecule has 1 fully saturated rings. The molecule has 1 unspecified atom stereocenters. The van der Waals surface area contributed by atoms with Crippen LogP contribution >= 0.6 is 0 Å². The van der Waals surface area contributed by atoms with Crippen molar-refractivity contribution in [2.75, 3.05) is 19.7 Å². The van der Waals surface area contributed by atoms with Gasteiger partial charge < -0.3 is 19.5 Å². The van der Waals surface area contributed by atoms with Crippen LogP contribution in [0.3, 0.4) is 0 Å². The van der Waals surface area contributed by atoms with Gasteiger partial charge in [-0.3, -0.25) is 0 Å². The molecular formula is C14H25NO4. The number of nitrogens with zero attached hydrogens (tertiary/aromatic N) is 1. The molecular weight excluding hydrogens is 246 g/mol. The third kappa shape index (κ3) is 4.42. The predicted octanol–water partition coefficient (Wildman–Crippen LogP) is 2.86. The van der Waals surface area contributed by atoms with E-state index in [4.69, 9.17) is 9.47 Å². The highest BCUT2D eigenvalue weighted by atomic mass is 16.6. The van der Waals surface area contributed by atoms with Gasteiger partial charge in [0.25, 0.3) is 0 Å². The van der Waals surface area contributed by atoms with Crippen molar-refractivity contribution in [1.29, 1.82) is 0 Å². The Kier molecular flexibility index (Phi) is 4.85. The number of allylic oxidation sites excluding steroid dienone is 1. The number of hydrogen-bond donors (Lipinski definition) is 1. The van der Waals surface area contributed by atoms with Crippen LogP contribution in [-0.4, -0.2) is 47.0 Å². The second kappa shape index (κ2) is 5.82. The van der Waals surface area contributed by atoms with E-state index in [1.54, 1.807) is 17.9 Å². The van der Waals surface area contributed by atoms with E-state index in [0.717, 1.165) is 6.42 Å². The Morgan fingerprint density at radius 1 is 1.53 bits per heavy atom. The molecule has 1 aliphatic heterocycles. The van der Waals surface area contributed by atoms with Crippen LogP contribution in [0.4, 0.5) is 4.79 Å². The second-order valence-corrected chi connectivity index (χ2v) is 5.98. The SMILES string of the molecule is CC/C=C(\O)C1(C)CN(C(=O)OC(C)(C)C)CCO1. The van der Waals surface area contributed by atoms with Crippen LogP contribution in [-0.2, 0) is 9.47 Å². The summed E-state index contributed by atoms with van der Waals surface area (Å²) in [7, 11) is 0. The summed E-state index contributed by atoms with van der Waals surface area (Å²) in [5, 5.41) is 10.0. The zero-order valence-corrected chi connectivity index (χ0v) is 12.5. The Hall–Kier alpha value is -1.23. The summed E-state index contributed by atoms with van der Waals surface area (Å²) in [6.45, 7) is 10.4. The lowest BCUT2D eigenvalue weighted by atomic mass is 10.0. The summed E-state index contributed by atoms with van der Waals surface area (Å²) < 4.78 is 11.0. The summed E-state index contributed by atoms with van der Waals surface area (Å²) in [5.41, 5.74) is -1.36. The van der Waals surface area contributed by atoms with Crippen molar-refractivity contribution in [2.45, 2.75) is 52.2 Å². The zero-order valence-electron chi connectivity index (χ0n) is 12.5. The van der Waals surface area contributed by atoms with E-state index in [1.165, 1.54) is 0 Å². The molecule has 0 bridgehead atoms. The van der Waals surface area contributed by atoms with E-state index in [0.29, 0.717) is 19.7 Å². The van der Waals surface area contributed by atoms with Gasteiger partial charge in [0, 0.05) is 6.54 Å². The van der Waals surface area contributed by atoms with Gasteiger partial charge in [0.1, 0.15) is 17.0 Å². The van der Waals surface area contributed by atoms with Gasteiger partial charge in [-0.15, -0.1) is 0 Å². The van der Waals surface area contributed by atoms with Gasteiger partial charge in [-0.25, -0.2) is 4.79 Å². The Labute approximate surface area is 115 Å². The minimum atomic E-state index is -0.842. The van der Waals surface area contributed by atoms with Gasteiger partial charge in [-0.05, 0) is 40.2 Å². The van der Waals surface area contributed by atoms with Crippen molar-refractivity contribution in [3.8, 4) is 0 Å². The molecule has 0 saturated carbocycles. The van der Waals surface area contributed by atoms with Crippen molar-refractivity contribution in [3.63, 3.8) is 0 Å². The van der Waals surface area contributed by atoms with Crippen molar-refractivity contribution >= 4 is 6.09 Å². The van der Waals surface area contributed by atoms with Crippen LogP contribution in [0.15, 0.2) is 11.8 Å². The third-order valence-electron chi connectivity index (χ3n) is 2.87. The minimum Gasteiger partial charge on any atom is -0.510 e. The Bertz CT molecular complexity index is 359. The Morgan fingerprint density at radius 3 is 2.68 bits per heavy atom. The van der Waals surface area contributed by atoms with Gasteiger partial charge in [0.2, 0.25) is 0 Å². The van der Waals surface area contributed by atoms with Crippen molar-refractivity contribution in [2.24, 2.45) is 0 Å². The largest absolute Gasteiger partial charge is 0.510 e. The smallest absolute Gasteiger partial charge is 0.410 e.